The van der Waals surface area contributed by atoms with Crippen molar-refractivity contribution < 1.29 is 22.7 Å². The van der Waals surface area contributed by atoms with Gasteiger partial charge in [-0.05, 0) is 89.3 Å². The number of carbonyl (C=O) groups is 1. The van der Waals surface area contributed by atoms with Gasteiger partial charge in [0.05, 0.1) is 46.8 Å². The van der Waals surface area contributed by atoms with Crippen LogP contribution in [0, 0.1) is 20.8 Å². The summed E-state index contributed by atoms with van der Waals surface area (Å²) in [6.45, 7) is 16.3. The fraction of sp³-hybridized carbons (Fsp3) is 0.439. The largest absolute Gasteiger partial charge is 0.475 e. The highest BCUT2D eigenvalue weighted by Gasteiger charge is 2.42. The molecule has 3 aromatic heterocycles. The Hall–Kier alpha value is -4.88. The van der Waals surface area contributed by atoms with E-state index in [1.807, 2.05) is 59.9 Å². The first-order valence-electron chi connectivity index (χ1n) is 18.6. The van der Waals surface area contributed by atoms with Crippen molar-refractivity contribution in [2.24, 2.45) is 7.05 Å². The standard InChI is InChI=1S/C41H49N7O5S/c1-23(2)53-33-18-12-17-31(30-21-42-29-20-34(41(6,7)8)47(9)37(29)43-30)48-32(33)22-52-38-26(5)36(35-24(3)13-10-14-25(35)4)44-40(45-38)46-54(50,51)28-16-11-15-27(19-28)39(48)49/h10-11,13-16,19-21,23,31-33H,12,17-18,22H2,1-9H3,(H,44,45,46)/t31-,32-,33+/m0/s1. The molecule has 2 aliphatic heterocycles. The van der Waals surface area contributed by atoms with Gasteiger partial charge in [0.2, 0.25) is 11.8 Å². The zero-order valence-electron chi connectivity index (χ0n) is 32.5. The number of rotatable bonds is 4. The van der Waals surface area contributed by atoms with Crippen molar-refractivity contribution in [1.29, 1.82) is 0 Å². The van der Waals surface area contributed by atoms with Crippen LogP contribution in [0.2, 0.25) is 0 Å². The lowest BCUT2D eigenvalue weighted by atomic mass is 9.92. The van der Waals surface area contributed by atoms with Gasteiger partial charge in [-0.3, -0.25) is 9.78 Å². The number of fused-ring (bicyclic) bond motifs is 6. The first kappa shape index (κ1) is 37.4. The Morgan fingerprint density at radius 2 is 1.70 bits per heavy atom. The van der Waals surface area contributed by atoms with E-state index in [-0.39, 0.29) is 46.3 Å². The van der Waals surface area contributed by atoms with Crippen molar-refractivity contribution in [3.63, 3.8) is 0 Å². The molecule has 3 atom stereocenters. The van der Waals surface area contributed by atoms with Crippen LogP contribution in [0.1, 0.15) is 98.4 Å². The van der Waals surface area contributed by atoms with Gasteiger partial charge in [-0.1, -0.05) is 45.0 Å². The molecule has 12 nitrogen and oxygen atoms in total. The molecule has 54 heavy (non-hydrogen) atoms. The van der Waals surface area contributed by atoms with Crippen molar-refractivity contribution >= 4 is 33.0 Å². The van der Waals surface area contributed by atoms with Gasteiger partial charge in [0, 0.05) is 34.8 Å². The van der Waals surface area contributed by atoms with Gasteiger partial charge in [-0.25, -0.2) is 23.1 Å². The second-order valence-corrected chi connectivity index (χ2v) is 17.5. The van der Waals surface area contributed by atoms with E-state index < -0.39 is 28.2 Å². The fourth-order valence-electron chi connectivity index (χ4n) is 7.91. The number of ether oxygens (including phenoxy) is 2. The minimum atomic E-state index is -4.23. The minimum absolute atomic E-state index is 0.0174. The molecule has 0 radical (unpaired) electrons. The molecule has 1 saturated heterocycles. The number of nitrogens with one attached hydrogen (secondary N) is 1. The van der Waals surface area contributed by atoms with Crippen LogP contribution in [0.5, 0.6) is 5.88 Å². The maximum absolute atomic E-state index is 15.1. The monoisotopic (exact) mass is 751 g/mol. The molecule has 7 rings (SSSR count). The molecule has 2 aliphatic rings. The summed E-state index contributed by atoms with van der Waals surface area (Å²) in [6.07, 6.45) is 3.21. The van der Waals surface area contributed by atoms with E-state index in [9.17, 15) is 8.42 Å². The average molecular weight is 752 g/mol. The summed E-state index contributed by atoms with van der Waals surface area (Å²) in [5.74, 6) is -0.280. The highest BCUT2D eigenvalue weighted by atomic mass is 32.2. The SMILES string of the molecule is Cc1cccc(C)c1-c1nc2nc(c1C)OC[C@H]1[C@H](OC(C)C)CCC[C@@H](c3cnc4cc(C(C)(C)C)n(C)c4n3)N1C(=O)c1cccc(c1)S(=O)(=O)N2. The van der Waals surface area contributed by atoms with Crippen LogP contribution in [0.4, 0.5) is 5.95 Å². The number of hydrogen-bond acceptors (Lipinski definition) is 9. The van der Waals surface area contributed by atoms with Gasteiger partial charge < -0.3 is 18.9 Å². The maximum atomic E-state index is 15.1. The minimum Gasteiger partial charge on any atom is -0.475 e. The lowest BCUT2D eigenvalue weighted by Gasteiger charge is -2.39. The van der Waals surface area contributed by atoms with Crippen molar-refractivity contribution in [3.8, 4) is 17.1 Å². The predicted molar refractivity (Wildman–Crippen MR) is 208 cm³/mol. The van der Waals surface area contributed by atoms with Crippen LogP contribution in [-0.2, 0) is 27.2 Å². The van der Waals surface area contributed by atoms with E-state index in [2.05, 4.69) is 41.1 Å². The van der Waals surface area contributed by atoms with Crippen molar-refractivity contribution in [1.82, 2.24) is 29.4 Å². The molecule has 13 heteroatoms. The van der Waals surface area contributed by atoms with E-state index in [0.717, 1.165) is 40.0 Å². The van der Waals surface area contributed by atoms with Crippen molar-refractivity contribution in [2.45, 2.75) is 109 Å². The Morgan fingerprint density at radius 1 is 0.981 bits per heavy atom. The molecule has 1 fully saturated rings. The van der Waals surface area contributed by atoms with Gasteiger partial charge in [0.25, 0.3) is 15.9 Å². The number of hydrogen-bond donors (Lipinski definition) is 1. The number of aromatic nitrogens is 5. The number of aryl methyl sites for hydroxylation is 3. The van der Waals surface area contributed by atoms with E-state index >= 15 is 4.79 Å². The molecule has 0 saturated carbocycles. The normalized spacial score (nSPS) is 20.3. The molecular weight excluding hydrogens is 703 g/mol. The highest BCUT2D eigenvalue weighted by Crippen LogP contribution is 2.39. The Balaban J connectivity index is 1.44. The van der Waals surface area contributed by atoms with E-state index in [0.29, 0.717) is 29.8 Å². The van der Waals surface area contributed by atoms with E-state index in [1.54, 1.807) is 23.2 Å². The topological polar surface area (TPSA) is 141 Å². The third kappa shape index (κ3) is 6.95. The van der Waals surface area contributed by atoms with Crippen LogP contribution < -0.4 is 9.46 Å². The summed E-state index contributed by atoms with van der Waals surface area (Å²) in [5.41, 5.74) is 7.32. The first-order chi connectivity index (χ1) is 25.5. The summed E-state index contributed by atoms with van der Waals surface area (Å²) >= 11 is 0. The number of sulfonamides is 1. The molecule has 1 amide bonds. The van der Waals surface area contributed by atoms with Gasteiger partial charge in [-0.2, -0.15) is 4.98 Å². The lowest BCUT2D eigenvalue weighted by Crippen LogP contribution is -2.52. The third-order valence-electron chi connectivity index (χ3n) is 10.5. The Kier molecular flexibility index (Phi) is 9.76. The Bertz CT molecular complexity index is 2350. The number of carbonyl (C=O) groups excluding carboxylic acids is 1. The molecule has 284 valence electrons. The number of nitrogens with zero attached hydrogens (tertiary/aromatic N) is 6. The highest BCUT2D eigenvalue weighted by molar-refractivity contribution is 7.92. The maximum Gasteiger partial charge on any atom is 0.264 e. The molecule has 4 bridgehead atoms. The smallest absolute Gasteiger partial charge is 0.264 e. The van der Waals surface area contributed by atoms with Gasteiger partial charge in [0.1, 0.15) is 12.1 Å². The second-order valence-electron chi connectivity index (χ2n) is 15.8. The van der Waals surface area contributed by atoms with Crippen LogP contribution in [0.25, 0.3) is 22.4 Å². The molecular formula is C41H49N7O5S. The Labute approximate surface area is 317 Å². The lowest BCUT2D eigenvalue weighted by molar-refractivity contribution is -0.0544. The average Bonchev–Trinajstić information content (AvgIpc) is 3.34. The molecule has 0 spiro atoms. The Morgan fingerprint density at radius 3 is 2.41 bits per heavy atom. The van der Waals surface area contributed by atoms with Crippen LogP contribution in [0.3, 0.4) is 0 Å². The fourth-order valence-corrected chi connectivity index (χ4v) is 8.90. The summed E-state index contributed by atoms with van der Waals surface area (Å²) in [7, 11) is -2.24. The molecule has 5 heterocycles. The molecule has 2 aromatic carbocycles. The van der Waals surface area contributed by atoms with Crippen LogP contribution in [0.15, 0.2) is 59.6 Å². The summed E-state index contributed by atoms with van der Waals surface area (Å²) < 4.78 is 45.8. The van der Waals surface area contributed by atoms with E-state index in [1.165, 1.54) is 12.1 Å². The van der Waals surface area contributed by atoms with Gasteiger partial charge >= 0.3 is 0 Å². The van der Waals surface area contributed by atoms with Crippen molar-refractivity contribution in [2.75, 3.05) is 11.3 Å². The molecule has 5 aromatic rings. The third-order valence-corrected chi connectivity index (χ3v) is 11.8. The molecule has 0 unspecified atom stereocenters. The summed E-state index contributed by atoms with van der Waals surface area (Å²) in [5, 5.41) is 0. The molecule has 1 N–H and O–H groups in total. The predicted octanol–water partition coefficient (Wildman–Crippen LogP) is 7.37. The van der Waals surface area contributed by atoms with Crippen LogP contribution in [-0.4, -0.2) is 68.6 Å². The number of anilines is 1. The van der Waals surface area contributed by atoms with Crippen LogP contribution >= 0.6 is 0 Å². The molecule has 0 aliphatic carbocycles. The summed E-state index contributed by atoms with van der Waals surface area (Å²) in [6, 6.07) is 13.0. The van der Waals surface area contributed by atoms with Crippen molar-refractivity contribution in [3.05, 3.63) is 88.4 Å². The van der Waals surface area contributed by atoms with Gasteiger partial charge in [-0.15, -0.1) is 0 Å². The van der Waals surface area contributed by atoms with E-state index in [4.69, 9.17) is 24.4 Å². The number of amides is 1. The first-order valence-corrected chi connectivity index (χ1v) is 20.0. The number of benzene rings is 2. The second kappa shape index (κ2) is 14.1. The quantitative estimate of drug-likeness (QED) is 0.199. The zero-order chi connectivity index (χ0) is 38.7. The zero-order valence-corrected chi connectivity index (χ0v) is 33.3. The summed E-state index contributed by atoms with van der Waals surface area (Å²) in [4.78, 5) is 36.2. The van der Waals surface area contributed by atoms with Gasteiger partial charge in [0.15, 0.2) is 5.65 Å².